The van der Waals surface area contributed by atoms with Crippen LogP contribution >= 0.6 is 11.3 Å². The molecular weight excluding hydrogens is 524 g/mol. The zero-order valence-corrected chi connectivity index (χ0v) is 23.8. The van der Waals surface area contributed by atoms with E-state index in [9.17, 15) is 18.0 Å². The number of nitrogens with zero attached hydrogens (tertiary/aromatic N) is 4. The van der Waals surface area contributed by atoms with Crippen molar-refractivity contribution in [3.05, 3.63) is 58.5 Å². The summed E-state index contributed by atoms with van der Waals surface area (Å²) in [5, 5.41) is 1.17. The van der Waals surface area contributed by atoms with Gasteiger partial charge in [0.2, 0.25) is 5.91 Å². The first kappa shape index (κ1) is 27.5. The fourth-order valence-electron chi connectivity index (χ4n) is 4.39. The Labute approximate surface area is 227 Å². The number of carbonyl (C=O) groups is 2. The van der Waals surface area contributed by atoms with Gasteiger partial charge in [-0.25, -0.2) is 5.06 Å². The Balaban J connectivity index is 1.81. The highest BCUT2D eigenvalue weighted by Crippen LogP contribution is 2.44. The SMILES string of the molecule is CON(C)C(=O)c1sc(-c2ccc3c(c2)CCN3C(C)=O)c(C)c1-c1ccc(S(=O)(=O)N=CN(C)C)cc1. The minimum absolute atomic E-state index is 0.0134. The number of fused-ring (bicyclic) bond motifs is 1. The van der Waals surface area contributed by atoms with Gasteiger partial charge in [-0.05, 0) is 59.9 Å². The van der Waals surface area contributed by atoms with Gasteiger partial charge in [-0.2, -0.15) is 8.42 Å². The Hall–Kier alpha value is -3.54. The summed E-state index contributed by atoms with van der Waals surface area (Å²) in [5.74, 6) is -0.294. The van der Waals surface area contributed by atoms with E-state index in [1.807, 2.05) is 19.1 Å². The van der Waals surface area contributed by atoms with Crippen LogP contribution in [0.3, 0.4) is 0 Å². The monoisotopic (exact) mass is 554 g/mol. The Morgan fingerprint density at radius 1 is 1.08 bits per heavy atom. The maximum atomic E-state index is 13.3. The van der Waals surface area contributed by atoms with Gasteiger partial charge < -0.3 is 9.80 Å². The predicted molar refractivity (Wildman–Crippen MR) is 150 cm³/mol. The van der Waals surface area contributed by atoms with Crippen LogP contribution in [0.4, 0.5) is 5.69 Å². The van der Waals surface area contributed by atoms with Crippen molar-refractivity contribution >= 4 is 45.2 Å². The fraction of sp³-hybridized carbons (Fsp3) is 0.296. The summed E-state index contributed by atoms with van der Waals surface area (Å²) in [6, 6.07) is 12.4. The van der Waals surface area contributed by atoms with E-state index < -0.39 is 10.0 Å². The molecule has 0 saturated carbocycles. The van der Waals surface area contributed by atoms with Crippen molar-refractivity contribution in [1.82, 2.24) is 9.96 Å². The van der Waals surface area contributed by atoms with Gasteiger partial charge in [0.1, 0.15) is 11.2 Å². The van der Waals surface area contributed by atoms with Crippen molar-refractivity contribution in [3.8, 4) is 21.6 Å². The molecule has 3 aromatic rings. The number of sulfonamides is 1. The molecule has 1 aliphatic rings. The van der Waals surface area contributed by atoms with Crippen LogP contribution in [-0.2, 0) is 26.1 Å². The van der Waals surface area contributed by atoms with E-state index in [2.05, 4.69) is 10.5 Å². The van der Waals surface area contributed by atoms with Gasteiger partial charge in [0.15, 0.2) is 0 Å². The molecule has 0 N–H and O–H groups in total. The molecule has 0 atom stereocenters. The molecule has 38 heavy (non-hydrogen) atoms. The van der Waals surface area contributed by atoms with Crippen molar-refractivity contribution in [2.24, 2.45) is 4.40 Å². The van der Waals surface area contributed by atoms with Crippen LogP contribution in [0.15, 0.2) is 51.8 Å². The minimum Gasteiger partial charge on any atom is -0.368 e. The van der Waals surface area contributed by atoms with Crippen LogP contribution < -0.4 is 4.90 Å². The Morgan fingerprint density at radius 2 is 1.74 bits per heavy atom. The number of rotatable bonds is 7. The third-order valence-electron chi connectivity index (χ3n) is 6.38. The van der Waals surface area contributed by atoms with E-state index in [-0.39, 0.29) is 16.7 Å². The fourth-order valence-corrected chi connectivity index (χ4v) is 6.60. The highest BCUT2D eigenvalue weighted by atomic mass is 32.2. The lowest BCUT2D eigenvalue weighted by Crippen LogP contribution is -2.25. The molecule has 9 nitrogen and oxygen atoms in total. The van der Waals surface area contributed by atoms with Crippen molar-refractivity contribution in [3.63, 3.8) is 0 Å². The zero-order chi connectivity index (χ0) is 27.8. The average molecular weight is 555 g/mol. The van der Waals surface area contributed by atoms with E-state index in [0.717, 1.165) is 33.7 Å². The quantitative estimate of drug-likeness (QED) is 0.246. The summed E-state index contributed by atoms with van der Waals surface area (Å²) in [7, 11) is 2.49. The minimum atomic E-state index is -3.86. The molecule has 200 valence electrons. The second-order valence-corrected chi connectivity index (χ2v) is 11.8. The normalized spacial score (nSPS) is 13.2. The van der Waals surface area contributed by atoms with Gasteiger partial charge in [0.05, 0.1) is 12.0 Å². The molecule has 0 radical (unpaired) electrons. The molecule has 2 heterocycles. The molecule has 2 aromatic carbocycles. The summed E-state index contributed by atoms with van der Waals surface area (Å²) in [5.41, 5.74) is 5.27. The number of anilines is 1. The Morgan fingerprint density at radius 3 is 2.34 bits per heavy atom. The highest BCUT2D eigenvalue weighted by Gasteiger charge is 2.27. The number of hydrogen-bond donors (Lipinski definition) is 0. The molecular formula is C27H30N4O5S2. The lowest BCUT2D eigenvalue weighted by Gasteiger charge is -2.14. The van der Waals surface area contributed by atoms with Gasteiger partial charge in [-0.15, -0.1) is 15.7 Å². The van der Waals surface area contributed by atoms with Crippen LogP contribution in [0.1, 0.15) is 27.7 Å². The number of hydrogen-bond acceptors (Lipinski definition) is 6. The standard InChI is InChI=1S/C27H30N4O5S2/c1-17-24(19-7-10-22(11-8-19)38(34,35)28-16-29(3)4)26(27(33)30(5)36-6)37-25(17)21-9-12-23-20(15-21)13-14-31(23)18(2)32/h7-12,15-16H,13-14H2,1-6H3. The average Bonchev–Trinajstić information content (AvgIpc) is 3.47. The Bertz CT molecular complexity index is 1530. The van der Waals surface area contributed by atoms with Gasteiger partial charge >= 0.3 is 0 Å². The van der Waals surface area contributed by atoms with Crippen molar-refractivity contribution in [2.45, 2.75) is 25.2 Å². The third kappa shape index (κ3) is 5.22. The molecule has 0 fully saturated rings. The summed E-state index contributed by atoms with van der Waals surface area (Å²) in [6.45, 7) is 4.17. The lowest BCUT2D eigenvalue weighted by atomic mass is 9.98. The molecule has 11 heteroatoms. The lowest BCUT2D eigenvalue weighted by molar-refractivity contribution is -0.116. The first-order valence-electron chi connectivity index (χ1n) is 11.9. The van der Waals surface area contributed by atoms with Crippen LogP contribution in [-0.4, -0.2) is 71.3 Å². The zero-order valence-electron chi connectivity index (χ0n) is 22.2. The van der Waals surface area contributed by atoms with E-state index >= 15 is 0 Å². The van der Waals surface area contributed by atoms with Gasteiger partial charge in [0, 0.05) is 50.7 Å². The van der Waals surface area contributed by atoms with E-state index in [0.29, 0.717) is 22.5 Å². The summed E-state index contributed by atoms with van der Waals surface area (Å²) in [4.78, 5) is 35.2. The maximum absolute atomic E-state index is 13.3. The first-order valence-corrected chi connectivity index (χ1v) is 14.1. The molecule has 0 aliphatic carbocycles. The number of benzene rings is 2. The van der Waals surface area contributed by atoms with Crippen LogP contribution in [0.2, 0.25) is 0 Å². The van der Waals surface area contributed by atoms with E-state index in [1.54, 1.807) is 50.0 Å². The van der Waals surface area contributed by atoms with Crippen molar-refractivity contribution in [2.75, 3.05) is 39.7 Å². The molecule has 1 aliphatic heterocycles. The summed E-state index contributed by atoms with van der Waals surface area (Å²) >= 11 is 1.36. The van der Waals surface area contributed by atoms with E-state index in [4.69, 9.17) is 4.84 Å². The van der Waals surface area contributed by atoms with Crippen molar-refractivity contribution in [1.29, 1.82) is 0 Å². The molecule has 0 bridgehead atoms. The Kier molecular flexibility index (Phi) is 7.73. The van der Waals surface area contributed by atoms with Crippen LogP contribution in [0.5, 0.6) is 0 Å². The molecule has 1 aromatic heterocycles. The third-order valence-corrected chi connectivity index (χ3v) is 8.94. The topological polar surface area (TPSA) is 99.6 Å². The summed E-state index contributed by atoms with van der Waals surface area (Å²) in [6.07, 6.45) is 2.01. The first-order chi connectivity index (χ1) is 17.9. The van der Waals surface area contributed by atoms with Gasteiger partial charge in [0.25, 0.3) is 15.9 Å². The molecule has 2 amide bonds. The second-order valence-electron chi connectivity index (χ2n) is 9.19. The van der Waals surface area contributed by atoms with Gasteiger partial charge in [-0.3, -0.25) is 14.4 Å². The maximum Gasteiger partial charge on any atom is 0.287 e. The number of thiophene rings is 1. The van der Waals surface area contributed by atoms with Crippen LogP contribution in [0, 0.1) is 6.92 Å². The number of hydroxylamine groups is 2. The molecule has 4 rings (SSSR count). The molecule has 0 unspecified atom stereocenters. The predicted octanol–water partition coefficient (Wildman–Crippen LogP) is 4.21. The number of amides is 2. The smallest absolute Gasteiger partial charge is 0.287 e. The van der Waals surface area contributed by atoms with Crippen molar-refractivity contribution < 1.29 is 22.8 Å². The molecule has 0 spiro atoms. The number of carbonyl (C=O) groups excluding carboxylic acids is 2. The highest BCUT2D eigenvalue weighted by molar-refractivity contribution is 7.90. The van der Waals surface area contributed by atoms with Crippen LogP contribution in [0.25, 0.3) is 21.6 Å². The molecule has 0 saturated heterocycles. The largest absolute Gasteiger partial charge is 0.368 e. The van der Waals surface area contributed by atoms with Gasteiger partial charge in [-0.1, -0.05) is 18.2 Å². The second kappa shape index (κ2) is 10.7. The van der Waals surface area contributed by atoms with E-state index in [1.165, 1.54) is 42.0 Å². The summed E-state index contributed by atoms with van der Waals surface area (Å²) < 4.78 is 28.8.